The molecule has 1 unspecified atom stereocenters. The van der Waals surface area contributed by atoms with Gasteiger partial charge in [0.15, 0.2) is 0 Å². The van der Waals surface area contributed by atoms with E-state index in [9.17, 15) is 4.39 Å². The number of benzene rings is 1. The van der Waals surface area contributed by atoms with Crippen molar-refractivity contribution in [1.29, 1.82) is 0 Å². The molecule has 1 aromatic carbocycles. The highest BCUT2D eigenvalue weighted by Gasteiger charge is 2.35. The topological polar surface area (TPSA) is 35.2 Å². The third-order valence-electron chi connectivity index (χ3n) is 3.69. The van der Waals surface area contributed by atoms with E-state index in [-0.39, 0.29) is 17.5 Å². The molecule has 1 aromatic rings. The predicted molar refractivity (Wildman–Crippen MR) is 71.1 cm³/mol. The Bertz CT molecular complexity index is 421. The van der Waals surface area contributed by atoms with Crippen LogP contribution in [0, 0.1) is 5.82 Å². The van der Waals surface area contributed by atoms with Crippen molar-refractivity contribution in [1.82, 2.24) is 0 Å². The average Bonchev–Trinajstić information content (AvgIpc) is 2.28. The number of hydrogen-bond acceptors (Lipinski definition) is 2. The molecule has 0 saturated heterocycles. The Morgan fingerprint density at radius 3 is 2.94 bits per heavy atom. The lowest BCUT2D eigenvalue weighted by Gasteiger charge is -2.39. The molecule has 3 heteroatoms. The summed E-state index contributed by atoms with van der Waals surface area (Å²) in [6, 6.07) is 4.58. The van der Waals surface area contributed by atoms with E-state index in [0.717, 1.165) is 24.8 Å². The number of hydrogen-bond donors (Lipinski definition) is 1. The molecule has 18 heavy (non-hydrogen) atoms. The van der Waals surface area contributed by atoms with E-state index in [1.807, 2.05) is 0 Å². The van der Waals surface area contributed by atoms with Crippen LogP contribution in [0.4, 0.5) is 4.39 Å². The van der Waals surface area contributed by atoms with Crippen molar-refractivity contribution in [2.75, 3.05) is 0 Å². The van der Waals surface area contributed by atoms with E-state index in [2.05, 4.69) is 13.8 Å². The van der Waals surface area contributed by atoms with Gasteiger partial charge in [0.25, 0.3) is 0 Å². The van der Waals surface area contributed by atoms with E-state index in [4.69, 9.17) is 10.5 Å². The number of rotatable bonds is 4. The van der Waals surface area contributed by atoms with Gasteiger partial charge in [0.2, 0.25) is 0 Å². The highest BCUT2D eigenvalue weighted by atomic mass is 19.1. The van der Waals surface area contributed by atoms with Crippen LogP contribution in [0.15, 0.2) is 18.2 Å². The lowest BCUT2D eigenvalue weighted by Crippen LogP contribution is -2.40. The van der Waals surface area contributed by atoms with Gasteiger partial charge in [-0.1, -0.05) is 25.8 Å². The maximum atomic E-state index is 13.3. The Labute approximate surface area is 108 Å². The Morgan fingerprint density at radius 2 is 2.22 bits per heavy atom. The first-order valence-electron chi connectivity index (χ1n) is 6.78. The SMILES string of the molecule is CCCCCC1(C)C[C@@H](N)c2ccc(F)cc2O1. The molecule has 2 atom stereocenters. The summed E-state index contributed by atoms with van der Waals surface area (Å²) in [4.78, 5) is 0. The number of nitrogens with two attached hydrogens (primary N) is 1. The lowest BCUT2D eigenvalue weighted by molar-refractivity contribution is 0.0427. The molecule has 0 spiro atoms. The van der Waals surface area contributed by atoms with Crippen LogP contribution in [0.3, 0.4) is 0 Å². The van der Waals surface area contributed by atoms with Crippen LogP contribution in [-0.4, -0.2) is 5.60 Å². The second-order valence-corrected chi connectivity index (χ2v) is 5.50. The van der Waals surface area contributed by atoms with E-state index in [0.29, 0.717) is 5.75 Å². The Kier molecular flexibility index (Phi) is 3.91. The summed E-state index contributed by atoms with van der Waals surface area (Å²) in [6.45, 7) is 4.26. The minimum Gasteiger partial charge on any atom is -0.487 e. The highest BCUT2D eigenvalue weighted by molar-refractivity contribution is 5.39. The molecule has 0 saturated carbocycles. The maximum Gasteiger partial charge on any atom is 0.127 e. The monoisotopic (exact) mass is 251 g/mol. The summed E-state index contributed by atoms with van der Waals surface area (Å²) in [5.74, 6) is 0.353. The fourth-order valence-corrected chi connectivity index (χ4v) is 2.69. The van der Waals surface area contributed by atoms with Gasteiger partial charge < -0.3 is 10.5 Å². The fraction of sp³-hybridized carbons (Fsp3) is 0.600. The van der Waals surface area contributed by atoms with Crippen molar-refractivity contribution in [2.45, 2.75) is 57.6 Å². The third-order valence-corrected chi connectivity index (χ3v) is 3.69. The van der Waals surface area contributed by atoms with Gasteiger partial charge in [-0.05, 0) is 25.8 Å². The zero-order chi connectivity index (χ0) is 13.2. The lowest BCUT2D eigenvalue weighted by atomic mass is 9.85. The molecule has 0 fully saturated rings. The number of ether oxygens (including phenoxy) is 1. The van der Waals surface area contributed by atoms with Crippen LogP contribution in [-0.2, 0) is 0 Å². The Balaban J connectivity index is 2.15. The van der Waals surface area contributed by atoms with Crippen molar-refractivity contribution in [3.05, 3.63) is 29.6 Å². The highest BCUT2D eigenvalue weighted by Crippen LogP contribution is 2.40. The van der Waals surface area contributed by atoms with Crippen molar-refractivity contribution in [3.63, 3.8) is 0 Å². The van der Waals surface area contributed by atoms with Crippen molar-refractivity contribution in [2.24, 2.45) is 5.73 Å². The zero-order valence-corrected chi connectivity index (χ0v) is 11.2. The van der Waals surface area contributed by atoms with Gasteiger partial charge in [-0.15, -0.1) is 0 Å². The molecule has 2 nitrogen and oxygen atoms in total. The molecular weight excluding hydrogens is 229 g/mol. The minimum atomic E-state index is -0.265. The van der Waals surface area contributed by atoms with Crippen LogP contribution in [0.5, 0.6) is 5.75 Å². The van der Waals surface area contributed by atoms with Crippen molar-refractivity contribution >= 4 is 0 Å². The third kappa shape index (κ3) is 2.83. The second-order valence-electron chi connectivity index (χ2n) is 5.50. The van der Waals surface area contributed by atoms with Crippen LogP contribution in [0.25, 0.3) is 0 Å². The molecule has 0 radical (unpaired) electrons. The largest absolute Gasteiger partial charge is 0.487 e. The van der Waals surface area contributed by atoms with Gasteiger partial charge in [-0.25, -0.2) is 4.39 Å². The van der Waals surface area contributed by atoms with Gasteiger partial charge in [0, 0.05) is 24.1 Å². The molecule has 2 N–H and O–H groups in total. The molecule has 100 valence electrons. The van der Waals surface area contributed by atoms with Crippen LogP contribution in [0.2, 0.25) is 0 Å². The van der Waals surface area contributed by atoms with Crippen LogP contribution >= 0.6 is 0 Å². The Hall–Kier alpha value is -1.09. The van der Waals surface area contributed by atoms with Crippen LogP contribution < -0.4 is 10.5 Å². The van der Waals surface area contributed by atoms with Gasteiger partial charge >= 0.3 is 0 Å². The smallest absolute Gasteiger partial charge is 0.127 e. The first kappa shape index (κ1) is 13.3. The summed E-state index contributed by atoms with van der Waals surface area (Å²) in [7, 11) is 0. The molecule has 0 amide bonds. The summed E-state index contributed by atoms with van der Waals surface area (Å²) >= 11 is 0. The molecule has 0 bridgehead atoms. The van der Waals surface area contributed by atoms with Crippen molar-refractivity contribution < 1.29 is 9.13 Å². The summed E-state index contributed by atoms with van der Waals surface area (Å²) < 4.78 is 19.3. The molecule has 0 aliphatic carbocycles. The first-order chi connectivity index (χ1) is 8.54. The molecule has 1 heterocycles. The van der Waals surface area contributed by atoms with E-state index in [1.54, 1.807) is 6.07 Å². The summed E-state index contributed by atoms with van der Waals surface area (Å²) in [5.41, 5.74) is 6.84. The average molecular weight is 251 g/mol. The van der Waals surface area contributed by atoms with Crippen molar-refractivity contribution in [3.8, 4) is 5.75 Å². The predicted octanol–water partition coefficient (Wildman–Crippen LogP) is 3.95. The first-order valence-corrected chi connectivity index (χ1v) is 6.78. The van der Waals surface area contributed by atoms with E-state index < -0.39 is 0 Å². The quantitative estimate of drug-likeness (QED) is 0.822. The molecular formula is C15H22FNO. The van der Waals surface area contributed by atoms with Crippen LogP contribution in [0.1, 0.15) is 57.6 Å². The van der Waals surface area contributed by atoms with E-state index >= 15 is 0 Å². The normalized spacial score (nSPS) is 26.6. The van der Waals surface area contributed by atoms with Gasteiger partial charge in [0.1, 0.15) is 17.2 Å². The molecule has 1 aliphatic rings. The standard InChI is InChI=1S/C15H22FNO/c1-3-4-5-8-15(2)10-13(17)12-7-6-11(16)9-14(12)18-15/h6-7,9,13H,3-5,8,10,17H2,1-2H3/t13-,15?/m1/s1. The number of fused-ring (bicyclic) bond motifs is 1. The Morgan fingerprint density at radius 1 is 1.44 bits per heavy atom. The summed E-state index contributed by atoms with van der Waals surface area (Å²) in [6.07, 6.45) is 5.29. The summed E-state index contributed by atoms with van der Waals surface area (Å²) in [5, 5.41) is 0. The zero-order valence-electron chi connectivity index (χ0n) is 11.2. The minimum absolute atomic E-state index is 0.0547. The number of halogens is 1. The molecule has 2 rings (SSSR count). The second kappa shape index (κ2) is 5.27. The van der Waals surface area contributed by atoms with Gasteiger partial charge in [0.05, 0.1) is 0 Å². The number of unbranched alkanes of at least 4 members (excludes halogenated alkanes) is 2. The van der Waals surface area contributed by atoms with E-state index in [1.165, 1.54) is 25.0 Å². The molecule has 1 aliphatic heterocycles. The molecule has 0 aromatic heterocycles. The van der Waals surface area contributed by atoms with Gasteiger partial charge in [-0.3, -0.25) is 0 Å². The maximum absolute atomic E-state index is 13.3. The van der Waals surface area contributed by atoms with Gasteiger partial charge in [-0.2, -0.15) is 0 Å². The fourth-order valence-electron chi connectivity index (χ4n) is 2.69.